The normalized spacial score (nSPS) is 12.6. The number of nitrogens with one attached hydrogen (secondary N) is 2. The van der Waals surface area contributed by atoms with Crippen LogP contribution in [0.2, 0.25) is 0 Å². The van der Waals surface area contributed by atoms with E-state index in [0.717, 1.165) is 41.2 Å². The van der Waals surface area contributed by atoms with E-state index in [1.807, 2.05) is 24.3 Å². The second-order valence-corrected chi connectivity index (χ2v) is 6.92. The molecule has 9 heteroatoms. The maximum Gasteiger partial charge on any atom is 0.489 e. The summed E-state index contributed by atoms with van der Waals surface area (Å²) in [7, 11) is -1.57. The standard InChI is InChI=1S/C20H19BN6O2/c28-21(29)15-7-4-8-17-14(15)12-24-27(17)20-25-16-9-10-22-18(16)19(26-20)23-11-13-5-2-1-3-6-13/h1-8,12,22,28-29H,9-11H2,(H,23,25,26). The topological polar surface area (TPSA) is 108 Å². The molecule has 1 aliphatic heterocycles. The first-order valence-electron chi connectivity index (χ1n) is 9.46. The molecule has 0 atom stereocenters. The van der Waals surface area contributed by atoms with Crippen molar-refractivity contribution in [3.8, 4) is 5.95 Å². The van der Waals surface area contributed by atoms with Gasteiger partial charge in [0.05, 0.1) is 23.1 Å². The molecule has 29 heavy (non-hydrogen) atoms. The van der Waals surface area contributed by atoms with E-state index < -0.39 is 7.12 Å². The average Bonchev–Trinajstić information content (AvgIpc) is 3.39. The van der Waals surface area contributed by atoms with Gasteiger partial charge in [-0.1, -0.05) is 42.5 Å². The Morgan fingerprint density at radius 2 is 1.93 bits per heavy atom. The van der Waals surface area contributed by atoms with Gasteiger partial charge in [0, 0.05) is 24.9 Å². The van der Waals surface area contributed by atoms with Crippen LogP contribution in [0.15, 0.2) is 54.7 Å². The van der Waals surface area contributed by atoms with E-state index in [0.29, 0.717) is 23.3 Å². The summed E-state index contributed by atoms with van der Waals surface area (Å²) >= 11 is 0. The summed E-state index contributed by atoms with van der Waals surface area (Å²) in [5.41, 5.74) is 4.14. The minimum Gasteiger partial charge on any atom is -0.423 e. The van der Waals surface area contributed by atoms with Crippen LogP contribution >= 0.6 is 0 Å². The van der Waals surface area contributed by atoms with E-state index in [1.165, 1.54) is 0 Å². The van der Waals surface area contributed by atoms with Gasteiger partial charge in [-0.25, -0.2) is 4.98 Å². The number of benzene rings is 2. The van der Waals surface area contributed by atoms with Crippen LogP contribution in [0.3, 0.4) is 0 Å². The molecule has 3 heterocycles. The van der Waals surface area contributed by atoms with E-state index in [2.05, 4.69) is 27.9 Å². The van der Waals surface area contributed by atoms with Gasteiger partial charge in [-0.2, -0.15) is 14.8 Å². The minimum atomic E-state index is -1.57. The van der Waals surface area contributed by atoms with Gasteiger partial charge in [0.2, 0.25) is 0 Å². The summed E-state index contributed by atoms with van der Waals surface area (Å²) in [4.78, 5) is 9.42. The highest BCUT2D eigenvalue weighted by atomic mass is 16.4. The molecule has 2 aromatic carbocycles. The first-order chi connectivity index (χ1) is 14.2. The molecule has 0 aliphatic carbocycles. The molecule has 8 nitrogen and oxygen atoms in total. The smallest absolute Gasteiger partial charge is 0.423 e. The molecule has 4 aromatic rings. The van der Waals surface area contributed by atoms with Gasteiger partial charge >= 0.3 is 7.12 Å². The van der Waals surface area contributed by atoms with Crippen LogP contribution in [-0.4, -0.2) is 43.5 Å². The van der Waals surface area contributed by atoms with Crippen LogP contribution < -0.4 is 16.1 Å². The van der Waals surface area contributed by atoms with Crippen LogP contribution in [0.25, 0.3) is 16.9 Å². The fourth-order valence-electron chi connectivity index (χ4n) is 3.63. The lowest BCUT2D eigenvalue weighted by molar-refractivity contribution is 0.426. The number of hydrogen-bond acceptors (Lipinski definition) is 7. The van der Waals surface area contributed by atoms with E-state index in [-0.39, 0.29) is 0 Å². The van der Waals surface area contributed by atoms with Crippen molar-refractivity contribution in [2.24, 2.45) is 0 Å². The fraction of sp³-hybridized carbons (Fsp3) is 0.150. The molecule has 4 N–H and O–H groups in total. The summed E-state index contributed by atoms with van der Waals surface area (Å²) < 4.78 is 1.63. The molecule has 0 amide bonds. The van der Waals surface area contributed by atoms with Crippen LogP contribution in [0.4, 0.5) is 11.5 Å². The monoisotopic (exact) mass is 386 g/mol. The lowest BCUT2D eigenvalue weighted by atomic mass is 9.78. The molecule has 0 radical (unpaired) electrons. The van der Waals surface area contributed by atoms with E-state index in [1.54, 1.807) is 23.0 Å². The number of anilines is 2. The third-order valence-electron chi connectivity index (χ3n) is 5.05. The van der Waals surface area contributed by atoms with Crippen LogP contribution in [0.5, 0.6) is 0 Å². The predicted octanol–water partition coefficient (Wildman–Crippen LogP) is 1.08. The second-order valence-electron chi connectivity index (χ2n) is 6.92. The molecular formula is C20H19BN6O2. The van der Waals surface area contributed by atoms with E-state index in [9.17, 15) is 10.0 Å². The summed E-state index contributed by atoms with van der Waals surface area (Å²) in [6.45, 7) is 1.46. The van der Waals surface area contributed by atoms with Crippen molar-refractivity contribution in [3.63, 3.8) is 0 Å². The summed E-state index contributed by atoms with van der Waals surface area (Å²) in [5.74, 6) is 1.18. The molecule has 1 aliphatic rings. The highest BCUT2D eigenvalue weighted by Crippen LogP contribution is 2.29. The lowest BCUT2D eigenvalue weighted by Crippen LogP contribution is -2.30. The maximum atomic E-state index is 9.62. The molecule has 0 unspecified atom stereocenters. The number of fused-ring (bicyclic) bond motifs is 2. The Kier molecular flexibility index (Phi) is 4.38. The molecule has 144 valence electrons. The van der Waals surface area contributed by atoms with Gasteiger partial charge in [-0.3, -0.25) is 0 Å². The van der Waals surface area contributed by atoms with E-state index in [4.69, 9.17) is 9.97 Å². The van der Waals surface area contributed by atoms with Gasteiger partial charge in [-0.05, 0) is 17.1 Å². The number of hydrogen-bond donors (Lipinski definition) is 4. The highest BCUT2D eigenvalue weighted by Gasteiger charge is 2.22. The molecular weight excluding hydrogens is 367 g/mol. The van der Waals surface area contributed by atoms with Gasteiger partial charge in [0.1, 0.15) is 0 Å². The first-order valence-corrected chi connectivity index (χ1v) is 9.46. The Bertz CT molecular complexity index is 1180. The van der Waals surface area contributed by atoms with Crippen molar-refractivity contribution < 1.29 is 10.0 Å². The first kappa shape index (κ1) is 17.7. The molecule has 2 aromatic heterocycles. The maximum absolute atomic E-state index is 9.62. The zero-order chi connectivity index (χ0) is 19.8. The Balaban J connectivity index is 1.56. The molecule has 0 bridgehead atoms. The summed E-state index contributed by atoms with van der Waals surface area (Å²) in [6.07, 6.45) is 2.42. The van der Waals surface area contributed by atoms with Crippen LogP contribution in [0, 0.1) is 0 Å². The largest absolute Gasteiger partial charge is 0.489 e. The van der Waals surface area contributed by atoms with Crippen molar-refractivity contribution in [3.05, 3.63) is 66.0 Å². The van der Waals surface area contributed by atoms with Crippen molar-refractivity contribution in [1.82, 2.24) is 19.7 Å². The Labute approximate surface area is 167 Å². The number of rotatable bonds is 5. The molecule has 0 spiro atoms. The van der Waals surface area contributed by atoms with Crippen LogP contribution in [-0.2, 0) is 13.0 Å². The second kappa shape index (κ2) is 7.19. The zero-order valence-electron chi connectivity index (χ0n) is 15.6. The molecule has 0 saturated heterocycles. The summed E-state index contributed by atoms with van der Waals surface area (Å²) in [6, 6.07) is 15.4. The number of aromatic nitrogens is 4. The Hall–Kier alpha value is -3.43. The van der Waals surface area contributed by atoms with Crippen molar-refractivity contribution in [1.29, 1.82) is 0 Å². The van der Waals surface area contributed by atoms with E-state index >= 15 is 0 Å². The van der Waals surface area contributed by atoms with Crippen LogP contribution in [0.1, 0.15) is 11.3 Å². The summed E-state index contributed by atoms with van der Waals surface area (Å²) in [5, 5.41) is 31.1. The van der Waals surface area contributed by atoms with Gasteiger partial charge in [0.25, 0.3) is 5.95 Å². The molecule has 0 fully saturated rings. The average molecular weight is 386 g/mol. The van der Waals surface area contributed by atoms with Gasteiger partial charge < -0.3 is 20.7 Å². The zero-order valence-corrected chi connectivity index (χ0v) is 15.6. The van der Waals surface area contributed by atoms with Crippen molar-refractivity contribution in [2.45, 2.75) is 13.0 Å². The van der Waals surface area contributed by atoms with Crippen molar-refractivity contribution >= 4 is 35.0 Å². The quantitative estimate of drug-likeness (QED) is 0.380. The number of nitrogens with zero attached hydrogens (tertiary/aromatic N) is 4. The highest BCUT2D eigenvalue weighted by molar-refractivity contribution is 6.61. The van der Waals surface area contributed by atoms with Crippen molar-refractivity contribution in [2.75, 3.05) is 17.2 Å². The predicted molar refractivity (Wildman–Crippen MR) is 112 cm³/mol. The fourth-order valence-corrected chi connectivity index (χ4v) is 3.63. The van der Waals surface area contributed by atoms with Gasteiger partial charge in [0.15, 0.2) is 5.82 Å². The lowest BCUT2D eigenvalue weighted by Gasteiger charge is -2.13. The SMILES string of the molecule is OB(O)c1cccc2c1cnn2-c1nc2c(c(NCc3ccccc3)n1)NCC2. The molecule has 0 saturated carbocycles. The molecule has 5 rings (SSSR count). The third-order valence-corrected chi connectivity index (χ3v) is 5.05. The minimum absolute atomic E-state index is 0.402. The third kappa shape index (κ3) is 3.20. The Morgan fingerprint density at radius 3 is 2.76 bits per heavy atom. The van der Waals surface area contributed by atoms with Gasteiger partial charge in [-0.15, -0.1) is 0 Å². The Morgan fingerprint density at radius 1 is 1.07 bits per heavy atom.